The molecule has 1 aliphatic heterocycles. The Kier molecular flexibility index (Phi) is 4.49. The van der Waals surface area contributed by atoms with Crippen LogP contribution in [0.5, 0.6) is 0 Å². The van der Waals surface area contributed by atoms with Crippen molar-refractivity contribution >= 4 is 21.4 Å². The normalized spacial score (nSPS) is 18.7. The Morgan fingerprint density at radius 3 is 2.19 bits per heavy atom. The lowest BCUT2D eigenvalue weighted by Gasteiger charge is -2.42. The number of benzene rings is 1. The van der Waals surface area contributed by atoms with Gasteiger partial charge in [0.15, 0.2) is 0 Å². The molecule has 1 aromatic rings. The Morgan fingerprint density at radius 2 is 1.71 bits per heavy atom. The average Bonchev–Trinajstić information content (AvgIpc) is 2.46. The zero-order valence-corrected chi connectivity index (χ0v) is 13.6. The summed E-state index contributed by atoms with van der Waals surface area (Å²) in [6, 6.07) is 4.85. The summed E-state index contributed by atoms with van der Waals surface area (Å²) >= 11 is 0. The molecule has 0 unspecified atom stereocenters. The van der Waals surface area contributed by atoms with Crippen molar-refractivity contribution in [1.29, 1.82) is 0 Å². The third kappa shape index (κ3) is 3.49. The maximum absolute atomic E-state index is 11.5. The third-order valence-electron chi connectivity index (χ3n) is 4.93. The molecule has 1 saturated heterocycles. The van der Waals surface area contributed by atoms with Gasteiger partial charge in [-0.15, -0.1) is 0 Å². The first-order valence-corrected chi connectivity index (χ1v) is 9.02. The molecule has 5 nitrogen and oxygen atoms in total. The topological polar surface area (TPSA) is 89.4 Å². The van der Waals surface area contributed by atoms with E-state index in [0.717, 1.165) is 31.6 Å². The van der Waals surface area contributed by atoms with E-state index in [2.05, 4.69) is 18.7 Å². The minimum atomic E-state index is -3.73. The van der Waals surface area contributed by atoms with Crippen LogP contribution in [0.15, 0.2) is 23.1 Å². The van der Waals surface area contributed by atoms with E-state index in [1.165, 1.54) is 18.9 Å². The number of nitrogens with two attached hydrogens (primary N) is 2. The molecular weight excluding hydrogens is 286 g/mol. The smallest absolute Gasteiger partial charge is 0.238 e. The van der Waals surface area contributed by atoms with Gasteiger partial charge in [0.05, 0.1) is 4.90 Å². The number of hydrogen-bond acceptors (Lipinski definition) is 4. The number of sulfonamides is 1. The second-order valence-corrected chi connectivity index (χ2v) is 7.56. The highest BCUT2D eigenvalue weighted by molar-refractivity contribution is 7.89. The second-order valence-electron chi connectivity index (χ2n) is 6.00. The molecule has 0 radical (unpaired) electrons. The Hall–Kier alpha value is -1.27. The van der Waals surface area contributed by atoms with Crippen LogP contribution in [0.4, 0.5) is 11.4 Å². The van der Waals surface area contributed by atoms with Gasteiger partial charge in [-0.2, -0.15) is 0 Å². The number of rotatable bonds is 4. The Balaban J connectivity index is 2.23. The zero-order chi connectivity index (χ0) is 15.7. The molecule has 0 spiro atoms. The van der Waals surface area contributed by atoms with E-state index >= 15 is 0 Å². The lowest BCUT2D eigenvalue weighted by atomic mass is 9.74. The number of primary sulfonamides is 1. The Morgan fingerprint density at radius 1 is 1.14 bits per heavy atom. The monoisotopic (exact) mass is 311 g/mol. The fourth-order valence-electron chi connectivity index (χ4n) is 3.15. The molecule has 0 amide bonds. The highest BCUT2D eigenvalue weighted by atomic mass is 32.2. The fourth-order valence-corrected chi connectivity index (χ4v) is 3.73. The summed E-state index contributed by atoms with van der Waals surface area (Å²) in [6.45, 7) is 6.35. The molecule has 0 aromatic heterocycles. The minimum Gasteiger partial charge on any atom is -0.399 e. The molecule has 4 N–H and O–H groups in total. The van der Waals surface area contributed by atoms with Gasteiger partial charge in [0, 0.05) is 24.5 Å². The predicted octanol–water partition coefficient (Wildman–Crippen LogP) is 2.32. The first kappa shape index (κ1) is 16.1. The maximum atomic E-state index is 11.5. The minimum absolute atomic E-state index is 0.0836. The van der Waals surface area contributed by atoms with Crippen molar-refractivity contribution in [3.05, 3.63) is 18.2 Å². The summed E-state index contributed by atoms with van der Waals surface area (Å²) in [6.07, 6.45) is 4.63. The van der Waals surface area contributed by atoms with Gasteiger partial charge in [0.25, 0.3) is 0 Å². The van der Waals surface area contributed by atoms with E-state index in [0.29, 0.717) is 11.1 Å². The quantitative estimate of drug-likeness (QED) is 0.835. The molecule has 6 heteroatoms. The van der Waals surface area contributed by atoms with Crippen LogP contribution in [0.25, 0.3) is 0 Å². The van der Waals surface area contributed by atoms with Gasteiger partial charge in [-0.1, -0.05) is 26.7 Å². The van der Waals surface area contributed by atoms with Crippen molar-refractivity contribution in [2.45, 2.75) is 44.4 Å². The zero-order valence-electron chi connectivity index (χ0n) is 12.8. The third-order valence-corrected chi connectivity index (χ3v) is 5.82. The van der Waals surface area contributed by atoms with Crippen molar-refractivity contribution in [2.24, 2.45) is 10.6 Å². The molecule has 21 heavy (non-hydrogen) atoms. The first-order valence-electron chi connectivity index (χ1n) is 7.48. The van der Waals surface area contributed by atoms with Crippen molar-refractivity contribution in [3.8, 4) is 0 Å². The molecule has 2 rings (SSSR count). The van der Waals surface area contributed by atoms with Crippen molar-refractivity contribution in [1.82, 2.24) is 0 Å². The lowest BCUT2D eigenvalue weighted by Crippen LogP contribution is -2.39. The molecule has 1 heterocycles. The maximum Gasteiger partial charge on any atom is 0.238 e. The highest BCUT2D eigenvalue weighted by Gasteiger charge is 2.31. The number of anilines is 2. The highest BCUT2D eigenvalue weighted by Crippen LogP contribution is 2.39. The van der Waals surface area contributed by atoms with Crippen LogP contribution in [0.3, 0.4) is 0 Å². The van der Waals surface area contributed by atoms with Crippen LogP contribution < -0.4 is 15.8 Å². The summed E-state index contributed by atoms with van der Waals surface area (Å²) in [5, 5.41) is 5.21. The van der Waals surface area contributed by atoms with Gasteiger partial charge < -0.3 is 10.6 Å². The first-order chi connectivity index (χ1) is 9.79. The molecular formula is C15H25N3O2S. The van der Waals surface area contributed by atoms with Crippen LogP contribution in [-0.2, 0) is 10.0 Å². The molecule has 0 atom stereocenters. The number of hydrogen-bond donors (Lipinski definition) is 2. The lowest BCUT2D eigenvalue weighted by molar-refractivity contribution is 0.199. The van der Waals surface area contributed by atoms with Crippen LogP contribution in [-0.4, -0.2) is 21.5 Å². The van der Waals surface area contributed by atoms with Crippen molar-refractivity contribution < 1.29 is 8.42 Å². The fraction of sp³-hybridized carbons (Fsp3) is 0.600. The molecule has 0 bridgehead atoms. The number of piperidine rings is 1. The van der Waals surface area contributed by atoms with E-state index in [4.69, 9.17) is 10.9 Å². The SMILES string of the molecule is CCC1(CC)CCN(c2cc(N)cc(S(N)(=O)=O)c2)CC1. The standard InChI is InChI=1S/C15H25N3O2S/c1-3-15(4-2)5-7-18(8-6-15)13-9-12(16)10-14(11-13)21(17,19)20/h9-11H,3-8,16H2,1-2H3,(H2,17,19,20). The van der Waals surface area contributed by atoms with Gasteiger partial charge in [-0.25, -0.2) is 13.6 Å². The van der Waals surface area contributed by atoms with E-state index in [9.17, 15) is 8.42 Å². The van der Waals surface area contributed by atoms with Crippen LogP contribution >= 0.6 is 0 Å². The molecule has 1 aliphatic rings. The van der Waals surface area contributed by atoms with Gasteiger partial charge >= 0.3 is 0 Å². The second kappa shape index (κ2) is 5.85. The molecule has 0 aliphatic carbocycles. The Bertz CT molecular complexity index is 599. The summed E-state index contributed by atoms with van der Waals surface area (Å²) in [5.41, 5.74) is 7.53. The van der Waals surface area contributed by atoms with Crippen molar-refractivity contribution in [3.63, 3.8) is 0 Å². The summed E-state index contributed by atoms with van der Waals surface area (Å²) in [4.78, 5) is 2.29. The Labute approximate surface area is 127 Å². The van der Waals surface area contributed by atoms with E-state index in [1.54, 1.807) is 6.07 Å². The summed E-state index contributed by atoms with van der Waals surface area (Å²) in [5.74, 6) is 0. The largest absolute Gasteiger partial charge is 0.399 e. The molecule has 1 fully saturated rings. The van der Waals surface area contributed by atoms with E-state index in [-0.39, 0.29) is 4.90 Å². The van der Waals surface area contributed by atoms with E-state index in [1.807, 2.05) is 6.07 Å². The van der Waals surface area contributed by atoms with Crippen molar-refractivity contribution in [2.75, 3.05) is 23.7 Å². The van der Waals surface area contributed by atoms with Crippen LogP contribution in [0.1, 0.15) is 39.5 Å². The van der Waals surface area contributed by atoms with Gasteiger partial charge in [0.1, 0.15) is 0 Å². The van der Waals surface area contributed by atoms with Gasteiger partial charge in [0.2, 0.25) is 10.0 Å². The average molecular weight is 311 g/mol. The van der Waals surface area contributed by atoms with Gasteiger partial charge in [-0.3, -0.25) is 0 Å². The van der Waals surface area contributed by atoms with Crippen LogP contribution in [0, 0.1) is 5.41 Å². The summed E-state index contributed by atoms with van der Waals surface area (Å²) < 4.78 is 23.0. The molecule has 1 aromatic carbocycles. The number of nitrogens with zero attached hydrogens (tertiary/aromatic N) is 1. The molecule has 118 valence electrons. The molecule has 0 saturated carbocycles. The predicted molar refractivity (Wildman–Crippen MR) is 86.7 cm³/mol. The number of nitrogen functional groups attached to an aromatic ring is 1. The summed E-state index contributed by atoms with van der Waals surface area (Å²) in [7, 11) is -3.73. The van der Waals surface area contributed by atoms with Crippen LogP contribution in [0.2, 0.25) is 0 Å². The van der Waals surface area contributed by atoms with E-state index < -0.39 is 10.0 Å². The van der Waals surface area contributed by atoms with Gasteiger partial charge in [-0.05, 0) is 36.5 Å².